The molecule has 0 unspecified atom stereocenters. The van der Waals surface area contributed by atoms with Crippen LogP contribution in [0.15, 0.2) is 29.3 Å². The highest BCUT2D eigenvalue weighted by Gasteiger charge is 2.16. The first-order valence-electron chi connectivity index (χ1n) is 5.19. The monoisotopic (exact) mass is 318 g/mol. The van der Waals surface area contributed by atoms with Gasteiger partial charge >= 0.3 is 0 Å². The van der Waals surface area contributed by atoms with Gasteiger partial charge in [-0.3, -0.25) is 4.79 Å². The Bertz CT molecular complexity index is 775. The van der Waals surface area contributed by atoms with Crippen molar-refractivity contribution in [3.8, 4) is 0 Å². The standard InChI is InChI=1S/C10H8ClFN4O3S/c1-16-13-5-9(15-16)10(17)14-8-3-2-6(4-7(8)12)20(11,18)19/h2-5H,1H3,(H,14,17). The topological polar surface area (TPSA) is 94.0 Å². The van der Waals surface area contributed by atoms with Crippen molar-refractivity contribution in [1.29, 1.82) is 0 Å². The molecule has 2 rings (SSSR count). The molecule has 1 aromatic carbocycles. The summed E-state index contributed by atoms with van der Waals surface area (Å²) in [7, 11) is 2.58. The zero-order valence-electron chi connectivity index (χ0n) is 10.0. The maximum atomic E-state index is 13.7. The molecule has 1 amide bonds. The molecular formula is C10H8ClFN4O3S. The van der Waals surface area contributed by atoms with Gasteiger partial charge in [-0.05, 0) is 18.2 Å². The first-order valence-corrected chi connectivity index (χ1v) is 7.50. The van der Waals surface area contributed by atoms with E-state index in [1.807, 2.05) is 0 Å². The molecule has 0 radical (unpaired) electrons. The number of nitrogens with zero attached hydrogens (tertiary/aromatic N) is 3. The van der Waals surface area contributed by atoms with Gasteiger partial charge in [-0.1, -0.05) is 0 Å². The molecule has 1 N–H and O–H groups in total. The summed E-state index contributed by atoms with van der Waals surface area (Å²) < 4.78 is 35.7. The molecular weight excluding hydrogens is 311 g/mol. The van der Waals surface area contributed by atoms with E-state index in [4.69, 9.17) is 10.7 Å². The molecule has 0 spiro atoms. The van der Waals surface area contributed by atoms with Crippen LogP contribution >= 0.6 is 10.7 Å². The Kier molecular flexibility index (Phi) is 3.73. The minimum Gasteiger partial charge on any atom is -0.318 e. The third-order valence-corrected chi connectivity index (χ3v) is 3.65. The van der Waals surface area contributed by atoms with Crippen molar-refractivity contribution >= 4 is 31.3 Å². The van der Waals surface area contributed by atoms with Gasteiger partial charge in [0.15, 0.2) is 5.69 Å². The van der Waals surface area contributed by atoms with Gasteiger partial charge in [-0.15, -0.1) is 5.10 Å². The number of aryl methyl sites for hydroxylation is 1. The van der Waals surface area contributed by atoms with Crippen molar-refractivity contribution in [3.63, 3.8) is 0 Å². The number of anilines is 1. The van der Waals surface area contributed by atoms with Crippen LogP contribution in [0.25, 0.3) is 0 Å². The average molecular weight is 319 g/mol. The predicted molar refractivity (Wildman–Crippen MR) is 68.4 cm³/mol. The van der Waals surface area contributed by atoms with E-state index >= 15 is 0 Å². The van der Waals surface area contributed by atoms with Crippen molar-refractivity contribution in [1.82, 2.24) is 15.0 Å². The van der Waals surface area contributed by atoms with Crippen LogP contribution in [0.3, 0.4) is 0 Å². The average Bonchev–Trinajstić information content (AvgIpc) is 2.77. The van der Waals surface area contributed by atoms with Crippen LogP contribution in [0.4, 0.5) is 10.1 Å². The van der Waals surface area contributed by atoms with Gasteiger partial charge in [-0.25, -0.2) is 12.8 Å². The maximum absolute atomic E-state index is 13.7. The summed E-state index contributed by atoms with van der Waals surface area (Å²) in [5, 5.41) is 9.70. The number of benzene rings is 1. The van der Waals surface area contributed by atoms with Crippen LogP contribution < -0.4 is 5.32 Å². The molecule has 0 fully saturated rings. The van der Waals surface area contributed by atoms with E-state index in [0.29, 0.717) is 6.07 Å². The predicted octanol–water partition coefficient (Wildman–Crippen LogP) is 1.13. The molecule has 106 valence electrons. The van der Waals surface area contributed by atoms with Gasteiger partial charge in [-0.2, -0.15) is 9.90 Å². The first kappa shape index (κ1) is 14.4. The zero-order chi connectivity index (χ0) is 14.9. The molecule has 0 aliphatic heterocycles. The largest absolute Gasteiger partial charge is 0.318 e. The Morgan fingerprint density at radius 1 is 1.45 bits per heavy atom. The fraction of sp³-hybridized carbons (Fsp3) is 0.100. The Morgan fingerprint density at radius 2 is 2.15 bits per heavy atom. The number of nitrogens with one attached hydrogen (secondary N) is 1. The smallest absolute Gasteiger partial charge is 0.277 e. The number of carbonyl (C=O) groups is 1. The Labute approximate surface area is 117 Å². The van der Waals surface area contributed by atoms with Crippen molar-refractivity contribution in [2.45, 2.75) is 4.90 Å². The SMILES string of the molecule is Cn1ncc(C(=O)Nc2ccc(S(=O)(=O)Cl)cc2F)n1. The number of halogens is 2. The van der Waals surface area contributed by atoms with E-state index in [1.54, 1.807) is 0 Å². The Balaban J connectivity index is 2.25. The molecule has 20 heavy (non-hydrogen) atoms. The quantitative estimate of drug-likeness (QED) is 0.856. The van der Waals surface area contributed by atoms with Crippen molar-refractivity contribution in [2.24, 2.45) is 7.05 Å². The molecule has 0 aliphatic rings. The summed E-state index contributed by atoms with van der Waals surface area (Å²) in [6.07, 6.45) is 1.21. The number of rotatable bonds is 3. The van der Waals surface area contributed by atoms with Gasteiger partial charge < -0.3 is 5.32 Å². The zero-order valence-corrected chi connectivity index (χ0v) is 11.6. The van der Waals surface area contributed by atoms with E-state index in [9.17, 15) is 17.6 Å². The van der Waals surface area contributed by atoms with Crippen molar-refractivity contribution in [3.05, 3.63) is 35.9 Å². The third kappa shape index (κ3) is 3.11. The molecule has 7 nitrogen and oxygen atoms in total. The fourth-order valence-corrected chi connectivity index (χ4v) is 2.15. The third-order valence-electron chi connectivity index (χ3n) is 2.30. The normalized spacial score (nSPS) is 11.3. The highest BCUT2D eigenvalue weighted by Crippen LogP contribution is 2.21. The van der Waals surface area contributed by atoms with E-state index in [0.717, 1.165) is 12.1 Å². The molecule has 10 heteroatoms. The molecule has 0 saturated heterocycles. The summed E-state index contributed by atoms with van der Waals surface area (Å²) in [6, 6.07) is 2.89. The van der Waals surface area contributed by atoms with Gasteiger partial charge in [0, 0.05) is 17.7 Å². The van der Waals surface area contributed by atoms with Crippen LogP contribution in [0.1, 0.15) is 10.5 Å². The number of aromatic nitrogens is 3. The number of hydrogen-bond donors (Lipinski definition) is 1. The number of hydrogen-bond acceptors (Lipinski definition) is 5. The lowest BCUT2D eigenvalue weighted by atomic mass is 10.3. The van der Waals surface area contributed by atoms with Crippen LogP contribution in [-0.4, -0.2) is 29.3 Å². The maximum Gasteiger partial charge on any atom is 0.277 e. The molecule has 0 bridgehead atoms. The van der Waals surface area contributed by atoms with Gasteiger partial charge in [0.2, 0.25) is 0 Å². The highest BCUT2D eigenvalue weighted by atomic mass is 35.7. The summed E-state index contributed by atoms with van der Waals surface area (Å²) in [4.78, 5) is 12.5. The van der Waals surface area contributed by atoms with Crippen LogP contribution in [0.2, 0.25) is 0 Å². The Hall–Kier alpha value is -2.00. The van der Waals surface area contributed by atoms with Gasteiger partial charge in [0.05, 0.1) is 16.8 Å². The summed E-state index contributed by atoms with van der Waals surface area (Å²) in [6.45, 7) is 0. The molecule has 1 heterocycles. The molecule has 2 aromatic rings. The lowest BCUT2D eigenvalue weighted by molar-refractivity contribution is 0.102. The lowest BCUT2D eigenvalue weighted by Crippen LogP contribution is -2.14. The van der Waals surface area contributed by atoms with Crippen molar-refractivity contribution < 1.29 is 17.6 Å². The van der Waals surface area contributed by atoms with E-state index in [-0.39, 0.29) is 11.4 Å². The second-order valence-corrected chi connectivity index (χ2v) is 6.32. The van der Waals surface area contributed by atoms with E-state index < -0.39 is 25.7 Å². The summed E-state index contributed by atoms with van der Waals surface area (Å²) in [5.74, 6) is -1.59. The summed E-state index contributed by atoms with van der Waals surface area (Å²) in [5.41, 5.74) is -0.189. The van der Waals surface area contributed by atoms with E-state index in [2.05, 4.69) is 15.5 Å². The second-order valence-electron chi connectivity index (χ2n) is 3.75. The number of carbonyl (C=O) groups excluding carboxylic acids is 1. The fourth-order valence-electron chi connectivity index (χ4n) is 1.39. The minimum atomic E-state index is -4.03. The van der Waals surface area contributed by atoms with Crippen LogP contribution in [-0.2, 0) is 16.1 Å². The minimum absolute atomic E-state index is 0.000872. The molecule has 0 saturated carbocycles. The van der Waals surface area contributed by atoms with E-state index in [1.165, 1.54) is 18.0 Å². The second kappa shape index (κ2) is 5.17. The highest BCUT2D eigenvalue weighted by molar-refractivity contribution is 8.13. The van der Waals surface area contributed by atoms with Crippen LogP contribution in [0.5, 0.6) is 0 Å². The molecule has 1 aromatic heterocycles. The van der Waals surface area contributed by atoms with Gasteiger partial charge in [0.25, 0.3) is 15.0 Å². The lowest BCUT2D eigenvalue weighted by Gasteiger charge is -2.05. The van der Waals surface area contributed by atoms with Gasteiger partial charge in [0.1, 0.15) is 5.82 Å². The van der Waals surface area contributed by atoms with Crippen molar-refractivity contribution in [2.75, 3.05) is 5.32 Å². The Morgan fingerprint density at radius 3 is 2.65 bits per heavy atom. The summed E-state index contributed by atoms with van der Waals surface area (Å²) >= 11 is 0. The number of amides is 1. The first-order chi connectivity index (χ1) is 9.27. The van der Waals surface area contributed by atoms with Crippen LogP contribution in [0, 0.1) is 5.82 Å². The molecule has 0 aliphatic carbocycles. The molecule has 0 atom stereocenters.